The number of rotatable bonds is 6. The first-order valence-corrected chi connectivity index (χ1v) is 10.6. The number of ether oxygens (including phenoxy) is 1. The number of benzene rings is 3. The van der Waals surface area contributed by atoms with Gasteiger partial charge in [-0.05, 0) is 42.0 Å². The van der Waals surface area contributed by atoms with Crippen LogP contribution in [0.3, 0.4) is 0 Å². The Labute approximate surface area is 175 Å². The van der Waals surface area contributed by atoms with Crippen LogP contribution in [0.5, 0.6) is 0 Å². The number of nitrogens with zero attached hydrogens (tertiary/aromatic N) is 1. The van der Waals surface area contributed by atoms with E-state index < -0.39 is 20.7 Å². The molecule has 0 bridgehead atoms. The molecule has 0 N–H and O–H groups in total. The lowest BCUT2D eigenvalue weighted by Crippen LogP contribution is -2.12. The lowest BCUT2D eigenvalue weighted by Gasteiger charge is -2.11. The molecule has 0 spiro atoms. The van der Waals surface area contributed by atoms with Crippen molar-refractivity contribution in [1.29, 1.82) is 0 Å². The number of esters is 1. The maximum absolute atomic E-state index is 13.0. The van der Waals surface area contributed by atoms with Crippen molar-refractivity contribution in [3.8, 4) is 0 Å². The van der Waals surface area contributed by atoms with Gasteiger partial charge in [0.05, 0.1) is 20.3 Å². The summed E-state index contributed by atoms with van der Waals surface area (Å²) in [4.78, 5) is 22.3. The van der Waals surface area contributed by atoms with Gasteiger partial charge in [-0.25, -0.2) is 13.2 Å². The minimum atomic E-state index is -4.08. The van der Waals surface area contributed by atoms with E-state index in [1.807, 2.05) is 0 Å². The molecule has 0 fully saturated rings. The molecule has 0 aliphatic heterocycles. The normalized spacial score (nSPS) is 11.1. The molecule has 0 radical (unpaired) electrons. The van der Waals surface area contributed by atoms with E-state index in [1.165, 1.54) is 24.3 Å². The van der Waals surface area contributed by atoms with E-state index >= 15 is 0 Å². The van der Waals surface area contributed by atoms with E-state index in [4.69, 9.17) is 4.74 Å². The Bertz CT molecular complexity index is 1160. The van der Waals surface area contributed by atoms with Crippen molar-refractivity contribution in [2.45, 2.75) is 16.4 Å². The summed E-state index contributed by atoms with van der Waals surface area (Å²) in [6.07, 6.45) is 0. The topological polar surface area (TPSA) is 104 Å². The van der Waals surface area contributed by atoms with Gasteiger partial charge in [0, 0.05) is 16.6 Å². The van der Waals surface area contributed by atoms with E-state index in [0.29, 0.717) is 0 Å². The van der Waals surface area contributed by atoms with Crippen molar-refractivity contribution in [2.24, 2.45) is 0 Å². The number of hydrogen-bond acceptors (Lipinski definition) is 6. The Balaban J connectivity index is 1.88. The summed E-state index contributed by atoms with van der Waals surface area (Å²) in [6.45, 7) is -0.0158. The first kappa shape index (κ1) is 20.7. The summed E-state index contributed by atoms with van der Waals surface area (Å²) in [6, 6.07) is 17.3. The molecular weight excluding hydrogens is 462 g/mol. The number of halogens is 1. The molecule has 0 amide bonds. The Morgan fingerprint density at radius 3 is 2.21 bits per heavy atom. The predicted molar refractivity (Wildman–Crippen MR) is 108 cm³/mol. The number of carbonyl (C=O) groups excluding carboxylic acids is 1. The zero-order valence-electron chi connectivity index (χ0n) is 14.8. The smallest absolute Gasteiger partial charge is 0.339 e. The zero-order valence-corrected chi connectivity index (χ0v) is 17.2. The number of nitro groups is 1. The molecule has 148 valence electrons. The Morgan fingerprint density at radius 1 is 0.966 bits per heavy atom. The number of nitro benzene ring substituents is 1. The van der Waals surface area contributed by atoms with Crippen LogP contribution in [0.1, 0.15) is 15.9 Å². The SMILES string of the molecule is O=C(OCc1ccc(Br)cc1)c1ccccc1S(=O)(=O)c1ccc([N+](=O)[O-])cc1. The second-order valence-electron chi connectivity index (χ2n) is 5.95. The summed E-state index contributed by atoms with van der Waals surface area (Å²) in [5, 5.41) is 10.8. The highest BCUT2D eigenvalue weighted by molar-refractivity contribution is 9.10. The van der Waals surface area contributed by atoms with Gasteiger partial charge in [-0.15, -0.1) is 0 Å². The van der Waals surface area contributed by atoms with Gasteiger partial charge >= 0.3 is 5.97 Å². The maximum atomic E-state index is 13.0. The summed E-state index contributed by atoms with van der Waals surface area (Å²) < 4.78 is 32.1. The fraction of sp³-hybridized carbons (Fsp3) is 0.0500. The number of carbonyl (C=O) groups is 1. The van der Waals surface area contributed by atoms with E-state index in [2.05, 4.69) is 15.9 Å². The molecule has 3 rings (SSSR count). The van der Waals surface area contributed by atoms with Crippen LogP contribution in [0.25, 0.3) is 0 Å². The highest BCUT2D eigenvalue weighted by Gasteiger charge is 2.25. The third-order valence-corrected chi connectivity index (χ3v) is 6.39. The highest BCUT2D eigenvalue weighted by Crippen LogP contribution is 2.26. The number of hydrogen-bond donors (Lipinski definition) is 0. The predicted octanol–water partition coefficient (Wildman–Crippen LogP) is 4.55. The molecule has 0 aromatic heterocycles. The van der Waals surface area contributed by atoms with Crippen molar-refractivity contribution < 1.29 is 22.9 Å². The first-order chi connectivity index (χ1) is 13.8. The summed E-state index contributed by atoms with van der Waals surface area (Å²) in [5.41, 5.74) is 0.409. The Hall–Kier alpha value is -3.04. The lowest BCUT2D eigenvalue weighted by molar-refractivity contribution is -0.384. The highest BCUT2D eigenvalue weighted by atomic mass is 79.9. The average Bonchev–Trinajstić information content (AvgIpc) is 2.73. The number of sulfone groups is 1. The van der Waals surface area contributed by atoms with Crippen molar-refractivity contribution in [2.75, 3.05) is 0 Å². The van der Waals surface area contributed by atoms with Gasteiger partial charge in [0.1, 0.15) is 6.61 Å². The van der Waals surface area contributed by atoms with Gasteiger partial charge in [-0.1, -0.05) is 40.2 Å². The van der Waals surface area contributed by atoms with Gasteiger partial charge in [-0.2, -0.15) is 0 Å². The lowest BCUT2D eigenvalue weighted by atomic mass is 10.2. The molecule has 0 aliphatic rings. The quantitative estimate of drug-likeness (QED) is 0.294. The molecule has 3 aromatic rings. The molecule has 7 nitrogen and oxygen atoms in total. The van der Waals surface area contributed by atoms with Crippen molar-refractivity contribution in [3.05, 3.63) is 98.5 Å². The van der Waals surface area contributed by atoms with Gasteiger partial charge in [0.25, 0.3) is 5.69 Å². The third-order valence-electron chi connectivity index (χ3n) is 4.04. The van der Waals surface area contributed by atoms with Crippen LogP contribution in [-0.4, -0.2) is 19.3 Å². The van der Waals surface area contributed by atoms with E-state index in [9.17, 15) is 23.3 Å². The average molecular weight is 476 g/mol. The fourth-order valence-corrected chi connectivity index (χ4v) is 4.26. The minimum absolute atomic E-state index is 0.0158. The van der Waals surface area contributed by atoms with E-state index in [1.54, 1.807) is 24.3 Å². The molecule has 9 heteroatoms. The van der Waals surface area contributed by atoms with Gasteiger partial charge < -0.3 is 4.74 Å². The van der Waals surface area contributed by atoms with Crippen molar-refractivity contribution in [1.82, 2.24) is 0 Å². The molecule has 29 heavy (non-hydrogen) atoms. The monoisotopic (exact) mass is 475 g/mol. The molecule has 0 saturated carbocycles. The van der Waals surface area contributed by atoms with Gasteiger partial charge in [0.15, 0.2) is 0 Å². The van der Waals surface area contributed by atoms with E-state index in [-0.39, 0.29) is 27.6 Å². The third kappa shape index (κ3) is 4.69. The van der Waals surface area contributed by atoms with E-state index in [0.717, 1.165) is 34.3 Å². The zero-order chi connectivity index (χ0) is 21.0. The van der Waals surface area contributed by atoms with Crippen LogP contribution in [0.2, 0.25) is 0 Å². The molecule has 0 atom stereocenters. The molecule has 3 aromatic carbocycles. The first-order valence-electron chi connectivity index (χ1n) is 8.29. The standard InChI is InChI=1S/C20H14BrNO6S/c21-15-7-5-14(6-8-15)13-28-20(23)18-3-1-2-4-19(18)29(26,27)17-11-9-16(10-12-17)22(24)25/h1-12H,13H2. The van der Waals surface area contributed by atoms with Crippen LogP contribution in [0.15, 0.2) is 87.1 Å². The number of non-ortho nitro benzene ring substituents is 1. The van der Waals surface area contributed by atoms with Crippen LogP contribution < -0.4 is 0 Å². The Morgan fingerprint density at radius 2 is 1.59 bits per heavy atom. The summed E-state index contributed by atoms with van der Waals surface area (Å²) in [7, 11) is -4.08. The van der Waals surface area contributed by atoms with Crippen molar-refractivity contribution >= 4 is 37.4 Å². The largest absolute Gasteiger partial charge is 0.457 e. The Kier molecular flexibility index (Phi) is 6.09. The maximum Gasteiger partial charge on any atom is 0.339 e. The van der Waals surface area contributed by atoms with Crippen LogP contribution in [0, 0.1) is 10.1 Å². The molecule has 0 heterocycles. The van der Waals surface area contributed by atoms with Crippen LogP contribution >= 0.6 is 15.9 Å². The molecule has 0 unspecified atom stereocenters. The molecular formula is C20H14BrNO6S. The second-order valence-corrected chi connectivity index (χ2v) is 8.79. The van der Waals surface area contributed by atoms with Crippen LogP contribution in [0.4, 0.5) is 5.69 Å². The minimum Gasteiger partial charge on any atom is -0.457 e. The van der Waals surface area contributed by atoms with Gasteiger partial charge in [-0.3, -0.25) is 10.1 Å². The summed E-state index contributed by atoms with van der Waals surface area (Å²) >= 11 is 3.32. The fourth-order valence-electron chi connectivity index (χ4n) is 2.55. The molecule has 0 aliphatic carbocycles. The van der Waals surface area contributed by atoms with Crippen LogP contribution in [-0.2, 0) is 21.2 Å². The molecule has 0 saturated heterocycles. The van der Waals surface area contributed by atoms with Gasteiger partial charge in [0.2, 0.25) is 9.84 Å². The summed E-state index contributed by atoms with van der Waals surface area (Å²) in [5.74, 6) is -0.783. The van der Waals surface area contributed by atoms with Crippen molar-refractivity contribution in [3.63, 3.8) is 0 Å². The second kappa shape index (κ2) is 8.54.